The minimum Gasteiger partial charge on any atom is -0.493 e. The Hall–Kier alpha value is -1.59. The number of hydrogen-bond donors (Lipinski definition) is 2. The number of hydrogen-bond acceptors (Lipinski definition) is 4. The van der Waals surface area contributed by atoms with Gasteiger partial charge in [-0.3, -0.25) is 4.79 Å². The van der Waals surface area contributed by atoms with Crippen molar-refractivity contribution in [3.8, 4) is 5.75 Å². The van der Waals surface area contributed by atoms with E-state index >= 15 is 0 Å². The first-order valence-corrected chi connectivity index (χ1v) is 7.67. The topological polar surface area (TPSA) is 59.6 Å². The summed E-state index contributed by atoms with van der Waals surface area (Å²) in [5, 5.41) is 6.11. The summed E-state index contributed by atoms with van der Waals surface area (Å²) in [6.45, 7) is 3.33. The Kier molecular flexibility index (Phi) is 4.72. The van der Waals surface area contributed by atoms with Crippen LogP contribution in [0.25, 0.3) is 0 Å². The summed E-state index contributed by atoms with van der Waals surface area (Å²) in [6, 6.07) is 6.17. The van der Waals surface area contributed by atoms with Gasteiger partial charge < -0.3 is 20.1 Å². The van der Waals surface area contributed by atoms with Gasteiger partial charge in [0.2, 0.25) is 0 Å². The van der Waals surface area contributed by atoms with Crippen LogP contribution in [0.4, 0.5) is 0 Å². The zero-order valence-corrected chi connectivity index (χ0v) is 12.2. The van der Waals surface area contributed by atoms with Gasteiger partial charge >= 0.3 is 0 Å². The van der Waals surface area contributed by atoms with E-state index in [1.807, 2.05) is 12.1 Å². The van der Waals surface area contributed by atoms with Gasteiger partial charge in [-0.15, -0.1) is 0 Å². The van der Waals surface area contributed by atoms with E-state index in [0.717, 1.165) is 43.7 Å². The van der Waals surface area contributed by atoms with Crippen LogP contribution in [-0.4, -0.2) is 38.3 Å². The summed E-state index contributed by atoms with van der Waals surface area (Å²) in [5.41, 5.74) is 2.35. The number of fused-ring (bicyclic) bond motifs is 1. The van der Waals surface area contributed by atoms with Crippen molar-refractivity contribution in [1.29, 1.82) is 0 Å². The maximum atomic E-state index is 12.0. The highest BCUT2D eigenvalue weighted by molar-refractivity contribution is 5.81. The quantitative estimate of drug-likeness (QED) is 0.872. The number of rotatable bonds is 3. The molecule has 1 aromatic rings. The molecule has 3 rings (SSSR count). The predicted molar refractivity (Wildman–Crippen MR) is 79.3 cm³/mol. The van der Waals surface area contributed by atoms with Gasteiger partial charge in [-0.2, -0.15) is 0 Å². The Bertz CT molecular complexity index is 498. The number of nitrogens with one attached hydrogen (secondary N) is 2. The number of carbonyl (C=O) groups excluding carboxylic acids is 1. The first kappa shape index (κ1) is 14.4. The van der Waals surface area contributed by atoms with E-state index in [1.54, 1.807) is 0 Å². The van der Waals surface area contributed by atoms with Crippen LogP contribution in [-0.2, 0) is 22.5 Å². The second kappa shape index (κ2) is 6.91. The number of carbonyl (C=O) groups is 1. The molecule has 2 aliphatic rings. The molecule has 1 unspecified atom stereocenters. The molecule has 0 saturated carbocycles. The Morgan fingerprint density at radius 2 is 2.29 bits per heavy atom. The minimum absolute atomic E-state index is 0.0478. The summed E-state index contributed by atoms with van der Waals surface area (Å²) in [7, 11) is 0. The molecule has 2 N–H and O–H groups in total. The van der Waals surface area contributed by atoms with Crippen molar-refractivity contribution in [2.45, 2.75) is 31.9 Å². The number of benzene rings is 1. The summed E-state index contributed by atoms with van der Waals surface area (Å²) < 4.78 is 11.1. The molecule has 1 amide bonds. The van der Waals surface area contributed by atoms with E-state index < -0.39 is 0 Å². The van der Waals surface area contributed by atoms with E-state index in [2.05, 4.69) is 16.7 Å². The van der Waals surface area contributed by atoms with Crippen LogP contribution >= 0.6 is 0 Å². The third-order valence-electron chi connectivity index (χ3n) is 3.91. The molecule has 1 saturated heterocycles. The first-order valence-electron chi connectivity index (χ1n) is 7.67. The highest BCUT2D eigenvalue weighted by Gasteiger charge is 2.21. The molecule has 5 nitrogen and oxygen atoms in total. The van der Waals surface area contributed by atoms with Crippen LogP contribution in [0.15, 0.2) is 18.2 Å². The second-order valence-electron chi connectivity index (χ2n) is 5.53. The maximum Gasteiger partial charge on any atom is 0.250 e. The van der Waals surface area contributed by atoms with Crippen LogP contribution in [0.2, 0.25) is 0 Å². The van der Waals surface area contributed by atoms with E-state index in [-0.39, 0.29) is 12.0 Å². The van der Waals surface area contributed by atoms with Gasteiger partial charge in [0, 0.05) is 19.6 Å². The highest BCUT2D eigenvalue weighted by atomic mass is 16.5. The van der Waals surface area contributed by atoms with Crippen molar-refractivity contribution in [3.63, 3.8) is 0 Å². The van der Waals surface area contributed by atoms with Gasteiger partial charge in [-0.05, 0) is 36.5 Å². The third kappa shape index (κ3) is 3.74. The third-order valence-corrected chi connectivity index (χ3v) is 3.91. The standard InChI is InChI=1S/C16H22N2O3/c19-16(15-11-17-6-8-21-15)18-10-12-4-5-14-13(9-12)3-1-2-7-20-14/h4-5,9,15,17H,1-3,6-8,10-11H2,(H,18,19). The number of aryl methyl sites for hydroxylation is 1. The molecule has 0 aromatic heterocycles. The molecule has 21 heavy (non-hydrogen) atoms. The van der Waals surface area contributed by atoms with Gasteiger partial charge in [0.25, 0.3) is 5.91 Å². The molecular weight excluding hydrogens is 268 g/mol. The Labute approximate surface area is 125 Å². The molecule has 0 spiro atoms. The Morgan fingerprint density at radius 3 is 3.14 bits per heavy atom. The second-order valence-corrected chi connectivity index (χ2v) is 5.53. The lowest BCUT2D eigenvalue weighted by Crippen LogP contribution is -2.47. The molecule has 5 heteroatoms. The molecule has 1 atom stereocenters. The molecular formula is C16H22N2O3. The summed E-state index contributed by atoms with van der Waals surface area (Å²) >= 11 is 0. The van der Waals surface area contributed by atoms with Crippen molar-refractivity contribution in [1.82, 2.24) is 10.6 Å². The monoisotopic (exact) mass is 290 g/mol. The van der Waals surface area contributed by atoms with E-state index in [4.69, 9.17) is 9.47 Å². The molecule has 2 heterocycles. The zero-order valence-electron chi connectivity index (χ0n) is 12.2. The van der Waals surface area contributed by atoms with Crippen molar-refractivity contribution in [2.75, 3.05) is 26.3 Å². The van der Waals surface area contributed by atoms with Crippen LogP contribution < -0.4 is 15.4 Å². The van der Waals surface area contributed by atoms with Crippen LogP contribution in [0.5, 0.6) is 5.75 Å². The summed E-state index contributed by atoms with van der Waals surface area (Å²) in [6.07, 6.45) is 2.94. The molecule has 1 aromatic carbocycles. The fourth-order valence-electron chi connectivity index (χ4n) is 2.72. The Balaban J connectivity index is 1.57. The molecule has 0 radical (unpaired) electrons. The van der Waals surface area contributed by atoms with Crippen molar-refractivity contribution >= 4 is 5.91 Å². The SMILES string of the molecule is O=C(NCc1ccc2c(c1)CCCCO2)C1CNCCO1. The number of morpholine rings is 1. The minimum atomic E-state index is -0.372. The number of amides is 1. The fourth-order valence-corrected chi connectivity index (χ4v) is 2.72. The lowest BCUT2D eigenvalue weighted by Gasteiger charge is -2.22. The highest BCUT2D eigenvalue weighted by Crippen LogP contribution is 2.25. The van der Waals surface area contributed by atoms with Gasteiger partial charge in [0.1, 0.15) is 11.9 Å². The fraction of sp³-hybridized carbons (Fsp3) is 0.562. The zero-order chi connectivity index (χ0) is 14.5. The molecule has 2 aliphatic heterocycles. The van der Waals surface area contributed by atoms with Crippen LogP contribution in [0, 0.1) is 0 Å². The normalized spacial score (nSPS) is 21.8. The number of ether oxygens (including phenoxy) is 2. The molecule has 0 bridgehead atoms. The van der Waals surface area contributed by atoms with Gasteiger partial charge in [-0.1, -0.05) is 12.1 Å². The van der Waals surface area contributed by atoms with Crippen LogP contribution in [0.3, 0.4) is 0 Å². The van der Waals surface area contributed by atoms with Gasteiger partial charge in [-0.25, -0.2) is 0 Å². The molecule has 1 fully saturated rings. The lowest BCUT2D eigenvalue weighted by atomic mass is 10.0. The van der Waals surface area contributed by atoms with E-state index in [9.17, 15) is 4.79 Å². The maximum absolute atomic E-state index is 12.0. The molecule has 0 aliphatic carbocycles. The summed E-state index contributed by atoms with van der Waals surface area (Å²) in [5.74, 6) is 0.941. The smallest absolute Gasteiger partial charge is 0.250 e. The van der Waals surface area contributed by atoms with Crippen molar-refractivity contribution < 1.29 is 14.3 Å². The predicted octanol–water partition coefficient (Wildman–Crippen LogP) is 1.01. The van der Waals surface area contributed by atoms with Gasteiger partial charge in [0.05, 0.1) is 13.2 Å². The van der Waals surface area contributed by atoms with Crippen molar-refractivity contribution in [2.24, 2.45) is 0 Å². The van der Waals surface area contributed by atoms with Crippen molar-refractivity contribution in [3.05, 3.63) is 29.3 Å². The summed E-state index contributed by atoms with van der Waals surface area (Å²) in [4.78, 5) is 12.0. The van der Waals surface area contributed by atoms with E-state index in [1.165, 1.54) is 5.56 Å². The van der Waals surface area contributed by atoms with Crippen LogP contribution in [0.1, 0.15) is 24.0 Å². The average Bonchev–Trinajstić information content (AvgIpc) is 2.78. The van der Waals surface area contributed by atoms with E-state index in [0.29, 0.717) is 19.7 Å². The van der Waals surface area contributed by atoms with Gasteiger partial charge in [0.15, 0.2) is 0 Å². The molecule has 114 valence electrons. The Morgan fingerprint density at radius 1 is 1.33 bits per heavy atom. The largest absolute Gasteiger partial charge is 0.493 e. The average molecular weight is 290 g/mol. The lowest BCUT2D eigenvalue weighted by molar-refractivity contribution is -0.134. The first-order chi connectivity index (χ1) is 10.3.